The highest BCUT2D eigenvalue weighted by molar-refractivity contribution is 5.79. The number of hydrogen-bond acceptors (Lipinski definition) is 8. The average molecular weight is 384 g/mol. The van der Waals surface area contributed by atoms with E-state index in [2.05, 4.69) is 26.3 Å². The minimum atomic E-state index is -3.50. The Kier molecular flexibility index (Phi) is 39.2. The summed E-state index contributed by atoms with van der Waals surface area (Å²) in [6, 6.07) is 0. The lowest BCUT2D eigenvalue weighted by molar-refractivity contribution is -0.436. The second-order valence-electron chi connectivity index (χ2n) is 2.77. The van der Waals surface area contributed by atoms with Gasteiger partial charge in [0, 0.05) is 24.3 Å². The van der Waals surface area contributed by atoms with Crippen LogP contribution in [0.2, 0.25) is 0 Å². The van der Waals surface area contributed by atoms with Crippen LogP contribution in [0.5, 0.6) is 0 Å². The third-order valence-corrected chi connectivity index (χ3v) is 0.698. The van der Waals surface area contributed by atoms with Crippen molar-refractivity contribution in [2.45, 2.75) is 13.6 Å². The van der Waals surface area contributed by atoms with E-state index in [-0.39, 0.29) is 7.43 Å². The number of carbonyl (C=O) groups is 4. The van der Waals surface area contributed by atoms with Crippen LogP contribution in [0.4, 0.5) is 0 Å². The Morgan fingerprint density at radius 1 is 0.538 bits per heavy atom. The van der Waals surface area contributed by atoms with Crippen molar-refractivity contribution in [3.63, 3.8) is 0 Å². The predicted molar refractivity (Wildman–Crippen MR) is 89.7 cm³/mol. The van der Waals surface area contributed by atoms with Crippen molar-refractivity contribution in [1.29, 1.82) is 0 Å². The van der Waals surface area contributed by atoms with Crippen LogP contribution in [0.3, 0.4) is 0 Å². The summed E-state index contributed by atoms with van der Waals surface area (Å²) in [6.45, 7) is 11.8. The topological polar surface area (TPSA) is 230 Å². The van der Waals surface area contributed by atoms with E-state index in [0.717, 1.165) is 24.3 Å². The van der Waals surface area contributed by atoms with Gasteiger partial charge in [-0.1, -0.05) is 33.7 Å². The molecule has 0 radical (unpaired) electrons. The van der Waals surface area contributed by atoms with Crippen LogP contribution in [-0.4, -0.2) is 70.9 Å². The highest BCUT2D eigenvalue weighted by Gasteiger charge is 2.07. The van der Waals surface area contributed by atoms with Gasteiger partial charge >= 0.3 is 30.0 Å². The first-order valence-corrected chi connectivity index (χ1v) is 5.39. The fourth-order valence-electron chi connectivity index (χ4n) is 0. The van der Waals surface area contributed by atoms with Crippen molar-refractivity contribution in [3.05, 3.63) is 50.6 Å². The maximum Gasteiger partial charge on any atom is 0.402 e. The van der Waals surface area contributed by atoms with Gasteiger partial charge in [-0.25, -0.2) is 19.2 Å². The van der Waals surface area contributed by atoms with Gasteiger partial charge in [0.25, 0.3) is 0 Å². The lowest BCUT2D eigenvalue weighted by Crippen LogP contribution is -2.25. The molecule has 12 heteroatoms. The largest absolute Gasteiger partial charge is 0.478 e. The van der Waals surface area contributed by atoms with E-state index < -0.39 is 30.0 Å². The molecule has 0 amide bonds. The zero-order valence-corrected chi connectivity index (χ0v) is 12.8. The first-order chi connectivity index (χ1) is 11.1. The molecule has 0 aromatic carbocycles. The molecule has 0 bridgehead atoms. The van der Waals surface area contributed by atoms with Crippen LogP contribution in [0.1, 0.15) is 7.43 Å². The van der Waals surface area contributed by atoms with Crippen LogP contribution in [0.25, 0.3) is 0 Å². The molecule has 0 atom stereocenters. The summed E-state index contributed by atoms with van der Waals surface area (Å²) in [7, 11) is 0. The summed E-state index contributed by atoms with van der Waals surface area (Å²) in [5.41, 5.74) is 0. The highest BCUT2D eigenvalue weighted by Crippen LogP contribution is 1.76. The molecule has 0 aliphatic rings. The molecule has 0 heterocycles. The molecular weight excluding hydrogens is 360 g/mol. The van der Waals surface area contributed by atoms with E-state index >= 15 is 0 Å². The molecule has 12 nitrogen and oxygen atoms in total. The molecule has 0 rings (SSSR count). The van der Waals surface area contributed by atoms with E-state index in [1.165, 1.54) is 0 Å². The van der Waals surface area contributed by atoms with Crippen LogP contribution < -0.4 is 0 Å². The van der Waals surface area contributed by atoms with E-state index in [0.29, 0.717) is 0 Å². The number of hydrogen-bond donors (Lipinski definition) is 8. The second-order valence-corrected chi connectivity index (χ2v) is 2.77. The minimum Gasteiger partial charge on any atom is -0.478 e. The van der Waals surface area contributed by atoms with Crippen molar-refractivity contribution in [2.24, 2.45) is 0 Å². The number of aliphatic carboxylic acids is 4. The van der Waals surface area contributed by atoms with Crippen LogP contribution in [0.15, 0.2) is 50.6 Å². The van der Waals surface area contributed by atoms with Crippen molar-refractivity contribution in [2.75, 3.05) is 0 Å². The third-order valence-electron chi connectivity index (χ3n) is 0.698. The molecule has 8 N–H and O–H groups in total. The maximum atomic E-state index is 9.25. The van der Waals surface area contributed by atoms with E-state index in [9.17, 15) is 19.2 Å². The van der Waals surface area contributed by atoms with Crippen molar-refractivity contribution >= 4 is 23.9 Å². The Balaban J connectivity index is -0.0000000476. The van der Waals surface area contributed by atoms with Crippen LogP contribution >= 0.6 is 0 Å². The predicted octanol–water partition coefficient (Wildman–Crippen LogP) is -0.769. The maximum absolute atomic E-state index is 9.25. The zero-order valence-electron chi connectivity index (χ0n) is 12.8. The molecule has 0 fully saturated rings. The molecule has 0 aromatic heterocycles. The van der Waals surface area contributed by atoms with Gasteiger partial charge in [0.2, 0.25) is 0 Å². The Morgan fingerprint density at radius 2 is 0.577 bits per heavy atom. The fourth-order valence-corrected chi connectivity index (χ4v) is 0. The number of aliphatic hydroxyl groups is 4. The van der Waals surface area contributed by atoms with Crippen molar-refractivity contribution in [1.82, 2.24) is 0 Å². The quantitative estimate of drug-likeness (QED) is 0.220. The zero-order chi connectivity index (χ0) is 21.6. The molecular formula is C14H24O12. The molecule has 152 valence electrons. The monoisotopic (exact) mass is 384 g/mol. The summed E-state index contributed by atoms with van der Waals surface area (Å²) in [5.74, 6) is -3.93. The first-order valence-electron chi connectivity index (χ1n) is 5.39. The van der Waals surface area contributed by atoms with Gasteiger partial charge in [0.15, 0.2) is 0 Å². The van der Waals surface area contributed by atoms with Gasteiger partial charge in [0.1, 0.15) is 0 Å². The van der Waals surface area contributed by atoms with E-state index in [1.54, 1.807) is 0 Å². The van der Waals surface area contributed by atoms with E-state index in [1.807, 2.05) is 0 Å². The second kappa shape index (κ2) is 26.6. The SMILES string of the molecule is C.C=CC(=O)O.C=CC(=O)O.C=CC(=O)O.C=CC(=O)O.OC(O)(O)O. The van der Waals surface area contributed by atoms with Gasteiger partial charge in [-0.15, -0.1) is 0 Å². The molecule has 0 saturated carbocycles. The Labute approximate surface area is 149 Å². The average Bonchev–Trinajstić information content (AvgIpc) is 2.47. The van der Waals surface area contributed by atoms with Crippen LogP contribution in [0, 0.1) is 0 Å². The minimum absolute atomic E-state index is 0. The summed E-state index contributed by atoms with van der Waals surface area (Å²) in [5, 5.41) is 59.2. The van der Waals surface area contributed by atoms with Crippen molar-refractivity contribution in [3.8, 4) is 0 Å². The Hall–Kier alpha value is -3.32. The number of carboxylic acid groups (broad SMARTS) is 4. The first kappa shape index (κ1) is 38.3. The molecule has 0 aromatic rings. The molecule has 0 aliphatic carbocycles. The standard InChI is InChI=1S/4C3H4O2.CH4O4.CH4/c4*1-2-3(4)5;2-1(3,4)5;/h4*2H,1H2,(H,4,5);2-5H;1H4. The summed E-state index contributed by atoms with van der Waals surface area (Å²) >= 11 is 0. The summed E-state index contributed by atoms with van der Waals surface area (Å²) in [4.78, 5) is 37.0. The van der Waals surface area contributed by atoms with Crippen molar-refractivity contribution < 1.29 is 60.0 Å². The Morgan fingerprint density at radius 3 is 0.577 bits per heavy atom. The molecule has 0 unspecified atom stereocenters. The van der Waals surface area contributed by atoms with Gasteiger partial charge in [-0.05, 0) is 0 Å². The summed E-state index contributed by atoms with van der Waals surface area (Å²) in [6.07, 6.45) is -0.167. The normalized spacial score (nSPS) is 7.23. The molecule has 0 spiro atoms. The Bertz CT molecular complexity index is 367. The smallest absolute Gasteiger partial charge is 0.402 e. The van der Waals surface area contributed by atoms with E-state index in [4.69, 9.17) is 40.9 Å². The lowest BCUT2D eigenvalue weighted by Gasteiger charge is -1.99. The summed E-state index contributed by atoms with van der Waals surface area (Å²) < 4.78 is 0. The highest BCUT2D eigenvalue weighted by atomic mass is 16.8. The third kappa shape index (κ3) is 366. The molecule has 26 heavy (non-hydrogen) atoms. The lowest BCUT2D eigenvalue weighted by atomic mass is 10.7. The van der Waals surface area contributed by atoms with Gasteiger partial charge in [-0.3, -0.25) is 0 Å². The number of carboxylic acids is 4. The number of rotatable bonds is 4. The van der Waals surface area contributed by atoms with Gasteiger partial charge in [0.05, 0.1) is 0 Å². The molecule has 0 saturated heterocycles. The van der Waals surface area contributed by atoms with Crippen LogP contribution in [-0.2, 0) is 19.2 Å². The molecule has 0 aliphatic heterocycles. The fraction of sp³-hybridized carbons (Fsp3) is 0.143. The van der Waals surface area contributed by atoms with Gasteiger partial charge in [-0.2, -0.15) is 0 Å². The van der Waals surface area contributed by atoms with Gasteiger partial charge < -0.3 is 40.9 Å².